The Morgan fingerprint density at radius 2 is 2.10 bits per heavy atom. The summed E-state index contributed by atoms with van der Waals surface area (Å²) in [6.45, 7) is 6.27. The van der Waals surface area contributed by atoms with Gasteiger partial charge in [-0.05, 0) is 6.92 Å². The molecule has 1 aliphatic rings. The molecule has 0 amide bonds. The molecule has 1 heterocycles. The highest BCUT2D eigenvalue weighted by Gasteiger charge is 2.09. The molecule has 0 saturated carbocycles. The highest BCUT2D eigenvalue weighted by molar-refractivity contribution is 4.58. The molecule has 0 spiro atoms. The van der Waals surface area contributed by atoms with Gasteiger partial charge in [-0.1, -0.05) is 0 Å². The predicted molar refractivity (Wildman–Crippen MR) is 37.2 cm³/mol. The van der Waals surface area contributed by atoms with Gasteiger partial charge in [0.15, 0.2) is 0 Å². The molecule has 0 aromatic rings. The quantitative estimate of drug-likeness (QED) is 0.440. The molecule has 10 heavy (non-hydrogen) atoms. The summed E-state index contributed by atoms with van der Waals surface area (Å²) < 4.78 is 0. The van der Waals surface area contributed by atoms with E-state index in [0.717, 1.165) is 26.2 Å². The summed E-state index contributed by atoms with van der Waals surface area (Å²) in [5.41, 5.74) is 0. The van der Waals surface area contributed by atoms with Gasteiger partial charge in [-0.25, -0.2) is 4.89 Å². The van der Waals surface area contributed by atoms with E-state index in [4.69, 9.17) is 9.88 Å². The summed E-state index contributed by atoms with van der Waals surface area (Å²) in [5, 5.41) is 5.03. The van der Waals surface area contributed by atoms with Crippen molar-refractivity contribution < 1.29 is 9.88 Å². The molecule has 0 unspecified atom stereocenters. The Morgan fingerprint density at radius 1 is 1.40 bits per heavy atom. The van der Waals surface area contributed by atoms with Crippen LogP contribution in [0, 0.1) is 0 Å². The van der Waals surface area contributed by atoms with Gasteiger partial charge in [0, 0.05) is 26.2 Å². The van der Waals surface area contributed by atoms with Crippen LogP contribution in [-0.4, -0.2) is 37.8 Å². The Morgan fingerprint density at radius 3 is 2.70 bits per heavy atom. The molecule has 4 nitrogen and oxygen atoms in total. The number of piperazine rings is 1. The van der Waals surface area contributed by atoms with E-state index in [1.165, 1.54) is 0 Å². The molecule has 1 rings (SSSR count). The van der Waals surface area contributed by atoms with Crippen molar-refractivity contribution >= 4 is 0 Å². The first-order valence-electron chi connectivity index (χ1n) is 3.68. The number of nitrogens with one attached hydrogen (secondary N) is 1. The third kappa shape index (κ3) is 2.62. The summed E-state index contributed by atoms with van der Waals surface area (Å²) in [7, 11) is 0. The molecule has 1 fully saturated rings. The summed E-state index contributed by atoms with van der Waals surface area (Å²) in [6.07, 6.45) is 0. The first-order chi connectivity index (χ1) is 4.93. The molecule has 0 atom stereocenters. The summed E-state index contributed by atoms with van der Waals surface area (Å²) in [6, 6.07) is 0. The molecule has 1 aliphatic heterocycles. The molecule has 0 aliphatic carbocycles. The minimum Gasteiger partial charge on any atom is -0.314 e. The number of hydrogen-bond acceptors (Lipinski definition) is 4. The fraction of sp³-hybridized carbons (Fsp3) is 1.00. The predicted octanol–water partition coefficient (Wildman–Crippen LogP) is -0.225. The van der Waals surface area contributed by atoms with Crippen LogP contribution in [0.4, 0.5) is 0 Å². The molecule has 1 saturated heterocycles. The number of nitrogens with zero attached hydrogens (tertiary/aromatic N) is 1. The first kappa shape index (κ1) is 7.94. The zero-order valence-corrected chi connectivity index (χ0v) is 6.30. The minimum atomic E-state index is 0.601. The lowest BCUT2D eigenvalue weighted by Gasteiger charge is -2.24. The van der Waals surface area contributed by atoms with Crippen molar-refractivity contribution in [3.05, 3.63) is 0 Å². The summed E-state index contributed by atoms with van der Waals surface area (Å²) >= 11 is 0. The molecule has 0 radical (unpaired) electrons. The van der Waals surface area contributed by atoms with Gasteiger partial charge in [0.05, 0.1) is 6.61 Å². The van der Waals surface area contributed by atoms with Crippen LogP contribution in [0.5, 0.6) is 0 Å². The lowest BCUT2D eigenvalue weighted by atomic mass is 10.4. The number of hydroxylamine groups is 2. The number of rotatable bonds is 3. The van der Waals surface area contributed by atoms with Crippen LogP contribution >= 0.6 is 0 Å². The average Bonchev–Trinajstić information content (AvgIpc) is 2.03. The van der Waals surface area contributed by atoms with Crippen LogP contribution in [0.2, 0.25) is 0 Å². The van der Waals surface area contributed by atoms with Gasteiger partial charge in [0.1, 0.15) is 0 Å². The highest BCUT2D eigenvalue weighted by atomic mass is 17.3. The van der Waals surface area contributed by atoms with E-state index in [2.05, 4.69) is 5.32 Å². The Balaban J connectivity index is 2.02. The molecule has 4 heteroatoms. The molecular weight excluding hydrogens is 132 g/mol. The van der Waals surface area contributed by atoms with E-state index in [-0.39, 0.29) is 0 Å². The monoisotopic (exact) mass is 146 g/mol. The van der Waals surface area contributed by atoms with Crippen LogP contribution in [0.15, 0.2) is 0 Å². The van der Waals surface area contributed by atoms with Gasteiger partial charge in [0.25, 0.3) is 0 Å². The second kappa shape index (κ2) is 4.62. The molecule has 0 bridgehead atoms. The Hall–Kier alpha value is -0.160. The van der Waals surface area contributed by atoms with E-state index in [9.17, 15) is 0 Å². The molecule has 60 valence electrons. The maximum atomic E-state index is 4.93. The van der Waals surface area contributed by atoms with Crippen LogP contribution in [-0.2, 0) is 9.88 Å². The van der Waals surface area contributed by atoms with Gasteiger partial charge < -0.3 is 5.32 Å². The van der Waals surface area contributed by atoms with Crippen molar-refractivity contribution in [2.24, 2.45) is 0 Å². The second-order valence-corrected chi connectivity index (χ2v) is 2.16. The van der Waals surface area contributed by atoms with E-state index < -0.39 is 0 Å². The van der Waals surface area contributed by atoms with Gasteiger partial charge in [-0.3, -0.25) is 0 Å². The van der Waals surface area contributed by atoms with E-state index in [1.54, 1.807) is 0 Å². The fourth-order valence-corrected chi connectivity index (χ4v) is 0.846. The van der Waals surface area contributed by atoms with Gasteiger partial charge in [0.2, 0.25) is 0 Å². The van der Waals surface area contributed by atoms with Crippen LogP contribution in [0.3, 0.4) is 0 Å². The van der Waals surface area contributed by atoms with E-state index in [1.807, 2.05) is 12.0 Å². The Kier molecular flexibility index (Phi) is 3.67. The van der Waals surface area contributed by atoms with Crippen molar-refractivity contribution in [3.63, 3.8) is 0 Å². The number of hydrogen-bond donors (Lipinski definition) is 1. The van der Waals surface area contributed by atoms with Crippen molar-refractivity contribution in [2.75, 3.05) is 32.8 Å². The maximum Gasteiger partial charge on any atom is 0.0814 e. The smallest absolute Gasteiger partial charge is 0.0814 e. The lowest BCUT2D eigenvalue weighted by Crippen LogP contribution is -2.43. The lowest BCUT2D eigenvalue weighted by molar-refractivity contribution is -0.426. The van der Waals surface area contributed by atoms with Crippen molar-refractivity contribution in [1.82, 2.24) is 10.4 Å². The summed E-state index contributed by atoms with van der Waals surface area (Å²) in [5.74, 6) is 0. The molecule has 0 aromatic heterocycles. The van der Waals surface area contributed by atoms with E-state index >= 15 is 0 Å². The van der Waals surface area contributed by atoms with Crippen molar-refractivity contribution in [3.8, 4) is 0 Å². The van der Waals surface area contributed by atoms with Crippen molar-refractivity contribution in [1.29, 1.82) is 0 Å². The van der Waals surface area contributed by atoms with Gasteiger partial charge >= 0.3 is 0 Å². The minimum absolute atomic E-state index is 0.601. The van der Waals surface area contributed by atoms with Gasteiger partial charge in [-0.15, -0.1) is 4.99 Å². The normalized spacial score (nSPS) is 21.3. The van der Waals surface area contributed by atoms with Crippen LogP contribution in [0.1, 0.15) is 6.92 Å². The fourth-order valence-electron chi connectivity index (χ4n) is 0.846. The van der Waals surface area contributed by atoms with Gasteiger partial charge in [-0.2, -0.15) is 5.06 Å². The van der Waals surface area contributed by atoms with Crippen LogP contribution in [0.25, 0.3) is 0 Å². The Bertz CT molecular complexity index is 83.8. The largest absolute Gasteiger partial charge is 0.314 e. The third-order valence-electron chi connectivity index (χ3n) is 1.35. The second-order valence-electron chi connectivity index (χ2n) is 2.16. The van der Waals surface area contributed by atoms with Crippen molar-refractivity contribution in [2.45, 2.75) is 6.92 Å². The standard InChI is InChI=1S/C6H14N2O2/c1-2-9-10-8-5-3-7-4-6-8/h7H,2-6H2,1H3. The Labute approximate surface area is 61.0 Å². The maximum absolute atomic E-state index is 4.93. The van der Waals surface area contributed by atoms with Crippen LogP contribution < -0.4 is 5.32 Å². The molecule has 1 N–H and O–H groups in total. The average molecular weight is 146 g/mol. The summed E-state index contributed by atoms with van der Waals surface area (Å²) in [4.78, 5) is 9.70. The highest BCUT2D eigenvalue weighted by Crippen LogP contribution is 1.93. The first-order valence-corrected chi connectivity index (χ1v) is 3.68. The van der Waals surface area contributed by atoms with E-state index in [0.29, 0.717) is 6.61 Å². The SMILES string of the molecule is CCOON1CCNCC1. The topological polar surface area (TPSA) is 33.7 Å². The molecular formula is C6H14N2O2. The zero-order valence-electron chi connectivity index (χ0n) is 6.30. The molecule has 0 aromatic carbocycles. The third-order valence-corrected chi connectivity index (χ3v) is 1.35. The zero-order chi connectivity index (χ0) is 7.23.